The smallest absolute Gasteiger partial charge is 0.153 e. The molecule has 0 saturated heterocycles. The van der Waals surface area contributed by atoms with Gasteiger partial charge in [0.2, 0.25) is 0 Å². The summed E-state index contributed by atoms with van der Waals surface area (Å²) >= 11 is 0. The molecular formula is C24H24ClN3. The summed E-state index contributed by atoms with van der Waals surface area (Å²) in [5.74, 6) is 1.10. The number of pyridine rings is 1. The Bertz CT molecular complexity index is 1100. The SMILES string of the molecule is Cc1cc2ccnc(N3CCc4ccccc4C3)c2n1Cc1ccccc1.Cl. The maximum atomic E-state index is 4.82. The molecule has 0 bridgehead atoms. The Labute approximate surface area is 172 Å². The Hall–Kier alpha value is -2.78. The second-order valence-electron chi connectivity index (χ2n) is 7.37. The highest BCUT2D eigenvalue weighted by Gasteiger charge is 2.21. The highest BCUT2D eigenvalue weighted by Crippen LogP contribution is 2.31. The van der Waals surface area contributed by atoms with Gasteiger partial charge in [0.25, 0.3) is 0 Å². The number of nitrogens with zero attached hydrogens (tertiary/aromatic N) is 3. The molecule has 2 aromatic heterocycles. The van der Waals surface area contributed by atoms with Crippen LogP contribution < -0.4 is 4.90 Å². The van der Waals surface area contributed by atoms with Gasteiger partial charge in [-0.25, -0.2) is 4.98 Å². The Kier molecular flexibility index (Phi) is 5.10. The summed E-state index contributed by atoms with van der Waals surface area (Å²) in [4.78, 5) is 7.26. The number of rotatable bonds is 3. The Morgan fingerprint density at radius 1 is 0.929 bits per heavy atom. The first-order valence-corrected chi connectivity index (χ1v) is 9.60. The van der Waals surface area contributed by atoms with Crippen LogP contribution in [0.3, 0.4) is 0 Å². The van der Waals surface area contributed by atoms with Crippen LogP contribution in [0.25, 0.3) is 10.9 Å². The van der Waals surface area contributed by atoms with Gasteiger partial charge in [0.1, 0.15) is 0 Å². The predicted molar refractivity (Wildman–Crippen MR) is 118 cm³/mol. The molecule has 28 heavy (non-hydrogen) atoms. The predicted octanol–water partition coefficient (Wildman–Crippen LogP) is 5.38. The molecule has 3 heterocycles. The minimum absolute atomic E-state index is 0. The van der Waals surface area contributed by atoms with Crippen molar-refractivity contribution in [3.05, 3.63) is 95.3 Å². The van der Waals surface area contributed by atoms with Gasteiger partial charge in [0.05, 0.1) is 5.52 Å². The molecule has 0 unspecified atom stereocenters. The summed E-state index contributed by atoms with van der Waals surface area (Å²) in [5.41, 5.74) is 6.73. The lowest BCUT2D eigenvalue weighted by molar-refractivity contribution is 0.717. The van der Waals surface area contributed by atoms with E-state index in [2.05, 4.69) is 83.1 Å². The molecule has 0 spiro atoms. The molecule has 5 rings (SSSR count). The van der Waals surface area contributed by atoms with E-state index in [1.165, 1.54) is 33.3 Å². The van der Waals surface area contributed by atoms with Crippen LogP contribution in [0.15, 0.2) is 72.9 Å². The Morgan fingerprint density at radius 3 is 2.50 bits per heavy atom. The molecule has 0 radical (unpaired) electrons. The number of benzene rings is 2. The van der Waals surface area contributed by atoms with Crippen molar-refractivity contribution in [3.8, 4) is 0 Å². The number of aromatic nitrogens is 2. The van der Waals surface area contributed by atoms with Crippen LogP contribution in [-0.4, -0.2) is 16.1 Å². The lowest BCUT2D eigenvalue weighted by Gasteiger charge is -2.30. The van der Waals surface area contributed by atoms with Crippen LogP contribution in [0, 0.1) is 6.92 Å². The maximum absolute atomic E-state index is 4.82. The lowest BCUT2D eigenvalue weighted by atomic mass is 10.00. The van der Waals surface area contributed by atoms with E-state index in [0.717, 1.165) is 31.9 Å². The number of hydrogen-bond acceptors (Lipinski definition) is 2. The Morgan fingerprint density at radius 2 is 1.68 bits per heavy atom. The first kappa shape index (κ1) is 18.6. The summed E-state index contributed by atoms with van der Waals surface area (Å²) in [6.45, 7) is 5.01. The maximum Gasteiger partial charge on any atom is 0.153 e. The third-order valence-corrected chi connectivity index (χ3v) is 5.61. The van der Waals surface area contributed by atoms with E-state index in [0.29, 0.717) is 0 Å². The molecule has 142 valence electrons. The number of halogens is 1. The fourth-order valence-corrected chi connectivity index (χ4v) is 4.21. The van der Waals surface area contributed by atoms with E-state index >= 15 is 0 Å². The van der Waals surface area contributed by atoms with E-state index in [9.17, 15) is 0 Å². The van der Waals surface area contributed by atoms with Crippen molar-refractivity contribution in [2.75, 3.05) is 11.4 Å². The number of fused-ring (bicyclic) bond motifs is 2. The molecule has 0 fully saturated rings. The molecule has 0 aliphatic carbocycles. The van der Waals surface area contributed by atoms with Gasteiger partial charge < -0.3 is 9.47 Å². The standard InChI is InChI=1S/C24H23N3.ClH/c1-18-15-21-11-13-25-24(23(21)27(18)16-19-7-3-2-4-8-19)26-14-12-20-9-5-6-10-22(20)17-26;/h2-11,13,15H,12,14,16-17H2,1H3;1H. The Balaban J connectivity index is 0.00000192. The van der Waals surface area contributed by atoms with Crippen LogP contribution in [0.1, 0.15) is 22.4 Å². The molecule has 1 aliphatic rings. The molecule has 2 aromatic carbocycles. The summed E-state index contributed by atoms with van der Waals surface area (Å²) in [6, 6.07) is 23.9. The van der Waals surface area contributed by atoms with Gasteiger partial charge >= 0.3 is 0 Å². The van der Waals surface area contributed by atoms with Crippen LogP contribution in [0.2, 0.25) is 0 Å². The van der Waals surface area contributed by atoms with Crippen molar-refractivity contribution in [2.45, 2.75) is 26.4 Å². The van der Waals surface area contributed by atoms with Gasteiger partial charge in [-0.05, 0) is 42.2 Å². The zero-order chi connectivity index (χ0) is 18.2. The molecule has 0 N–H and O–H groups in total. The van der Waals surface area contributed by atoms with Crippen molar-refractivity contribution in [1.82, 2.24) is 9.55 Å². The minimum Gasteiger partial charge on any atom is -0.350 e. The summed E-state index contributed by atoms with van der Waals surface area (Å²) in [5, 5.41) is 1.27. The first-order valence-electron chi connectivity index (χ1n) is 9.60. The van der Waals surface area contributed by atoms with E-state index in [-0.39, 0.29) is 12.4 Å². The van der Waals surface area contributed by atoms with Crippen molar-refractivity contribution < 1.29 is 0 Å². The summed E-state index contributed by atoms with van der Waals surface area (Å²) < 4.78 is 2.41. The molecule has 0 amide bonds. The van der Waals surface area contributed by atoms with Crippen LogP contribution in [0.5, 0.6) is 0 Å². The fraction of sp³-hybridized carbons (Fsp3) is 0.208. The van der Waals surface area contributed by atoms with E-state index < -0.39 is 0 Å². The molecule has 3 nitrogen and oxygen atoms in total. The fourth-order valence-electron chi connectivity index (χ4n) is 4.21. The van der Waals surface area contributed by atoms with E-state index in [1.54, 1.807) is 0 Å². The van der Waals surface area contributed by atoms with Crippen molar-refractivity contribution >= 4 is 29.1 Å². The highest BCUT2D eigenvalue weighted by atomic mass is 35.5. The minimum atomic E-state index is 0. The highest BCUT2D eigenvalue weighted by molar-refractivity contribution is 5.91. The van der Waals surface area contributed by atoms with Crippen LogP contribution >= 0.6 is 12.4 Å². The lowest BCUT2D eigenvalue weighted by Crippen LogP contribution is -2.31. The number of aryl methyl sites for hydroxylation is 1. The zero-order valence-corrected chi connectivity index (χ0v) is 16.8. The van der Waals surface area contributed by atoms with Crippen LogP contribution in [0.4, 0.5) is 5.82 Å². The third kappa shape index (κ3) is 3.27. The molecule has 4 aromatic rings. The van der Waals surface area contributed by atoms with Crippen molar-refractivity contribution in [3.63, 3.8) is 0 Å². The van der Waals surface area contributed by atoms with Gasteiger partial charge in [0.15, 0.2) is 5.82 Å². The van der Waals surface area contributed by atoms with E-state index in [1.807, 2.05) is 6.20 Å². The second kappa shape index (κ2) is 7.69. The van der Waals surface area contributed by atoms with Crippen molar-refractivity contribution in [1.29, 1.82) is 0 Å². The van der Waals surface area contributed by atoms with Crippen LogP contribution in [-0.2, 0) is 19.5 Å². The molecule has 0 atom stereocenters. The number of anilines is 1. The zero-order valence-electron chi connectivity index (χ0n) is 16.0. The van der Waals surface area contributed by atoms with E-state index in [4.69, 9.17) is 4.98 Å². The number of hydrogen-bond donors (Lipinski definition) is 0. The van der Waals surface area contributed by atoms with Gasteiger partial charge in [0, 0.05) is 36.9 Å². The van der Waals surface area contributed by atoms with Gasteiger partial charge in [-0.1, -0.05) is 54.6 Å². The van der Waals surface area contributed by atoms with Gasteiger partial charge in [-0.2, -0.15) is 0 Å². The average Bonchev–Trinajstić information content (AvgIpc) is 3.04. The monoisotopic (exact) mass is 389 g/mol. The molecule has 0 saturated carbocycles. The largest absolute Gasteiger partial charge is 0.350 e. The molecule has 1 aliphatic heterocycles. The summed E-state index contributed by atoms with van der Waals surface area (Å²) in [7, 11) is 0. The third-order valence-electron chi connectivity index (χ3n) is 5.61. The molecule has 4 heteroatoms. The quantitative estimate of drug-likeness (QED) is 0.469. The summed E-state index contributed by atoms with van der Waals surface area (Å²) in [6.07, 6.45) is 3.02. The van der Waals surface area contributed by atoms with Gasteiger partial charge in [-0.15, -0.1) is 12.4 Å². The average molecular weight is 390 g/mol. The second-order valence-corrected chi connectivity index (χ2v) is 7.37. The van der Waals surface area contributed by atoms with Crippen molar-refractivity contribution in [2.24, 2.45) is 0 Å². The van der Waals surface area contributed by atoms with Gasteiger partial charge in [-0.3, -0.25) is 0 Å². The first-order chi connectivity index (χ1) is 13.3. The normalized spacial score (nSPS) is 13.2. The molecular weight excluding hydrogens is 366 g/mol. The topological polar surface area (TPSA) is 21.1 Å².